The Balaban J connectivity index is 2.53. The molecule has 0 spiro atoms. The summed E-state index contributed by atoms with van der Waals surface area (Å²) in [6.07, 6.45) is 4.49. The van der Waals surface area contributed by atoms with Gasteiger partial charge < -0.3 is 5.11 Å². The first-order valence-corrected chi connectivity index (χ1v) is 5.66. The Morgan fingerprint density at radius 3 is 2.73 bits per heavy atom. The van der Waals surface area contributed by atoms with E-state index in [0.29, 0.717) is 5.92 Å². The summed E-state index contributed by atoms with van der Waals surface area (Å²) < 4.78 is 1.87. The number of rotatable bonds is 5. The van der Waals surface area contributed by atoms with Gasteiger partial charge in [0.2, 0.25) is 0 Å². The average molecular weight is 210 g/mol. The molecular formula is C12H22N2O. The Bertz CT molecular complexity index is 304. The fraction of sp³-hybridized carbons (Fsp3) is 0.750. The van der Waals surface area contributed by atoms with Crippen molar-refractivity contribution < 1.29 is 5.11 Å². The van der Waals surface area contributed by atoms with E-state index in [1.165, 1.54) is 5.69 Å². The van der Waals surface area contributed by atoms with Crippen LogP contribution in [-0.2, 0) is 13.5 Å². The number of aromatic nitrogens is 2. The molecule has 3 nitrogen and oxygen atoms in total. The van der Waals surface area contributed by atoms with Crippen molar-refractivity contribution in [2.24, 2.45) is 13.0 Å². The van der Waals surface area contributed by atoms with E-state index in [9.17, 15) is 5.11 Å². The summed E-state index contributed by atoms with van der Waals surface area (Å²) in [5, 5.41) is 14.4. The molecule has 0 aliphatic heterocycles. The molecule has 0 aliphatic carbocycles. The third-order valence-corrected chi connectivity index (χ3v) is 3.48. The topological polar surface area (TPSA) is 38.1 Å². The summed E-state index contributed by atoms with van der Waals surface area (Å²) in [5.74, 6) is 0.339. The van der Waals surface area contributed by atoms with Crippen LogP contribution in [0.4, 0.5) is 0 Å². The van der Waals surface area contributed by atoms with Gasteiger partial charge in [0.25, 0.3) is 0 Å². The monoisotopic (exact) mass is 210 g/mol. The molecule has 86 valence electrons. The maximum atomic E-state index is 10.2. The number of nitrogens with zero attached hydrogens (tertiary/aromatic N) is 2. The van der Waals surface area contributed by atoms with Crippen LogP contribution in [0.25, 0.3) is 0 Å². The van der Waals surface area contributed by atoms with E-state index in [1.54, 1.807) is 6.20 Å². The van der Waals surface area contributed by atoms with Crippen molar-refractivity contribution in [3.05, 3.63) is 18.0 Å². The molecule has 1 rings (SSSR count). The molecule has 1 heterocycles. The van der Waals surface area contributed by atoms with Gasteiger partial charge in [-0.15, -0.1) is 0 Å². The number of hydrogen-bond acceptors (Lipinski definition) is 2. The predicted molar refractivity (Wildman–Crippen MR) is 61.6 cm³/mol. The molecule has 2 atom stereocenters. The van der Waals surface area contributed by atoms with Gasteiger partial charge in [-0.25, -0.2) is 0 Å². The van der Waals surface area contributed by atoms with Crippen molar-refractivity contribution in [2.45, 2.75) is 45.6 Å². The lowest BCUT2D eigenvalue weighted by atomic mass is 9.84. The molecule has 1 N–H and O–H groups in total. The van der Waals surface area contributed by atoms with Crippen LogP contribution in [0.3, 0.4) is 0 Å². The normalized spacial score (nSPS) is 17.4. The lowest BCUT2D eigenvalue weighted by molar-refractivity contribution is -0.00320. The number of aliphatic hydroxyl groups is 1. The van der Waals surface area contributed by atoms with Gasteiger partial charge in [-0.3, -0.25) is 4.68 Å². The van der Waals surface area contributed by atoms with E-state index in [-0.39, 0.29) is 0 Å². The van der Waals surface area contributed by atoms with E-state index in [1.807, 2.05) is 24.7 Å². The molecule has 1 aromatic heterocycles. The van der Waals surface area contributed by atoms with Crippen LogP contribution in [0.5, 0.6) is 0 Å². The Morgan fingerprint density at radius 2 is 2.27 bits per heavy atom. The van der Waals surface area contributed by atoms with E-state index < -0.39 is 5.60 Å². The van der Waals surface area contributed by atoms with Crippen LogP contribution in [0, 0.1) is 5.92 Å². The van der Waals surface area contributed by atoms with Gasteiger partial charge >= 0.3 is 0 Å². The molecule has 0 amide bonds. The maximum Gasteiger partial charge on any atom is 0.0648 e. The van der Waals surface area contributed by atoms with E-state index >= 15 is 0 Å². The van der Waals surface area contributed by atoms with E-state index in [0.717, 1.165) is 19.3 Å². The van der Waals surface area contributed by atoms with Crippen LogP contribution in [0.2, 0.25) is 0 Å². The van der Waals surface area contributed by atoms with Gasteiger partial charge in [0.05, 0.1) is 5.60 Å². The molecule has 0 bridgehead atoms. The standard InChI is InChI=1S/C12H22N2O/c1-5-10(2)12(3,15)8-6-11-7-9-13-14(11)4/h7,9-10,15H,5-6,8H2,1-4H3. The molecule has 3 heteroatoms. The van der Waals surface area contributed by atoms with Crippen molar-refractivity contribution in [3.63, 3.8) is 0 Å². The Hall–Kier alpha value is -0.830. The van der Waals surface area contributed by atoms with Crippen LogP contribution < -0.4 is 0 Å². The minimum Gasteiger partial charge on any atom is -0.390 e. The van der Waals surface area contributed by atoms with Gasteiger partial charge in [0.1, 0.15) is 0 Å². The van der Waals surface area contributed by atoms with Crippen molar-refractivity contribution in [3.8, 4) is 0 Å². The van der Waals surface area contributed by atoms with Crippen molar-refractivity contribution >= 4 is 0 Å². The quantitative estimate of drug-likeness (QED) is 0.808. The second-order valence-electron chi connectivity index (χ2n) is 4.61. The lowest BCUT2D eigenvalue weighted by Gasteiger charge is -2.29. The molecule has 1 aromatic rings. The van der Waals surface area contributed by atoms with E-state index in [4.69, 9.17) is 0 Å². The second-order valence-corrected chi connectivity index (χ2v) is 4.61. The largest absolute Gasteiger partial charge is 0.390 e. The molecule has 0 saturated heterocycles. The molecule has 0 aliphatic rings. The zero-order chi connectivity index (χ0) is 11.5. The fourth-order valence-corrected chi connectivity index (χ4v) is 1.71. The maximum absolute atomic E-state index is 10.2. The smallest absolute Gasteiger partial charge is 0.0648 e. The first kappa shape index (κ1) is 12.2. The van der Waals surface area contributed by atoms with Crippen molar-refractivity contribution in [1.29, 1.82) is 0 Å². The Kier molecular flexibility index (Phi) is 3.91. The lowest BCUT2D eigenvalue weighted by Crippen LogP contribution is -2.33. The van der Waals surface area contributed by atoms with Gasteiger partial charge in [-0.1, -0.05) is 20.3 Å². The highest BCUT2D eigenvalue weighted by Gasteiger charge is 2.26. The summed E-state index contributed by atoms with van der Waals surface area (Å²) in [5.41, 5.74) is 0.609. The summed E-state index contributed by atoms with van der Waals surface area (Å²) in [6, 6.07) is 2.01. The van der Waals surface area contributed by atoms with Crippen LogP contribution in [0.15, 0.2) is 12.3 Å². The third-order valence-electron chi connectivity index (χ3n) is 3.48. The molecule has 15 heavy (non-hydrogen) atoms. The first-order chi connectivity index (χ1) is 6.97. The minimum absolute atomic E-state index is 0.339. The highest BCUT2D eigenvalue weighted by Crippen LogP contribution is 2.25. The van der Waals surface area contributed by atoms with Gasteiger partial charge in [-0.05, 0) is 31.7 Å². The fourth-order valence-electron chi connectivity index (χ4n) is 1.71. The second kappa shape index (κ2) is 4.79. The van der Waals surface area contributed by atoms with Crippen LogP contribution in [-0.4, -0.2) is 20.5 Å². The zero-order valence-electron chi connectivity index (χ0n) is 10.2. The van der Waals surface area contributed by atoms with Gasteiger partial charge in [0.15, 0.2) is 0 Å². The Morgan fingerprint density at radius 1 is 1.60 bits per heavy atom. The zero-order valence-corrected chi connectivity index (χ0v) is 10.2. The van der Waals surface area contributed by atoms with Gasteiger partial charge in [0, 0.05) is 18.9 Å². The van der Waals surface area contributed by atoms with Gasteiger partial charge in [-0.2, -0.15) is 5.10 Å². The average Bonchev–Trinajstić information content (AvgIpc) is 2.60. The minimum atomic E-state index is -0.570. The molecule has 0 saturated carbocycles. The summed E-state index contributed by atoms with van der Waals surface area (Å²) in [6.45, 7) is 6.14. The molecule has 0 radical (unpaired) electrons. The van der Waals surface area contributed by atoms with Crippen LogP contribution in [0.1, 0.15) is 39.3 Å². The predicted octanol–water partition coefficient (Wildman–Crippen LogP) is 2.15. The number of aryl methyl sites for hydroxylation is 2. The van der Waals surface area contributed by atoms with Crippen molar-refractivity contribution in [2.75, 3.05) is 0 Å². The third kappa shape index (κ3) is 3.06. The summed E-state index contributed by atoms with van der Waals surface area (Å²) in [7, 11) is 1.94. The highest BCUT2D eigenvalue weighted by molar-refractivity contribution is 5.01. The first-order valence-electron chi connectivity index (χ1n) is 5.66. The Labute approximate surface area is 92.1 Å². The number of hydrogen-bond donors (Lipinski definition) is 1. The molecule has 0 aromatic carbocycles. The highest BCUT2D eigenvalue weighted by atomic mass is 16.3. The van der Waals surface area contributed by atoms with E-state index in [2.05, 4.69) is 18.9 Å². The summed E-state index contributed by atoms with van der Waals surface area (Å²) in [4.78, 5) is 0. The summed E-state index contributed by atoms with van der Waals surface area (Å²) >= 11 is 0. The van der Waals surface area contributed by atoms with Crippen LogP contribution >= 0.6 is 0 Å². The molecule has 2 unspecified atom stereocenters. The van der Waals surface area contributed by atoms with Crippen molar-refractivity contribution in [1.82, 2.24) is 9.78 Å². The molecular weight excluding hydrogens is 188 g/mol. The SMILES string of the molecule is CCC(C)C(C)(O)CCc1ccnn1C. The molecule has 0 fully saturated rings.